The quantitative estimate of drug-likeness (QED) is 0.192. The van der Waals surface area contributed by atoms with Crippen molar-refractivity contribution in [2.45, 2.75) is 74.5 Å². The second-order valence-corrected chi connectivity index (χ2v) is 13.6. The standard InChI is InChI=1S/C39H38O12/c1-21-15-17-38-30-24-13-14-27(47-2)33(30)50-34(38)28(16-18-39(38,46)25(21)19-24)48-36(44)26(40)20-29(41)49-32(23-11-7-4-8-12-23)37(45)51-31(35(42)43)22-9-5-3-6-10-22/h3-14,16,21,25-26,31-32,34,40,46H,15,17-20H2,1-2H3,(H,42,43)/t21?,25-,26-,31-,32-,34-,38-,39+/m0/s1. The van der Waals surface area contributed by atoms with E-state index in [0.29, 0.717) is 24.3 Å². The van der Waals surface area contributed by atoms with Gasteiger partial charge in [0, 0.05) is 16.7 Å². The summed E-state index contributed by atoms with van der Waals surface area (Å²) in [5, 5.41) is 33.0. The zero-order chi connectivity index (χ0) is 36.1. The molecule has 1 unspecified atom stereocenters. The molecule has 4 aliphatic rings. The van der Waals surface area contributed by atoms with Crippen molar-refractivity contribution >= 4 is 23.9 Å². The third-order valence-corrected chi connectivity index (χ3v) is 10.9. The van der Waals surface area contributed by atoms with Gasteiger partial charge in [-0.05, 0) is 55.2 Å². The summed E-state index contributed by atoms with van der Waals surface area (Å²) >= 11 is 0. The van der Waals surface area contributed by atoms with E-state index in [9.17, 15) is 34.5 Å². The number of aliphatic carboxylic acids is 1. The lowest BCUT2D eigenvalue weighted by molar-refractivity contribution is -0.180. The number of carbonyl (C=O) groups excluding carboxylic acids is 3. The van der Waals surface area contributed by atoms with Crippen molar-refractivity contribution in [1.82, 2.24) is 0 Å². The fourth-order valence-electron chi connectivity index (χ4n) is 8.52. The van der Waals surface area contributed by atoms with E-state index in [1.165, 1.54) is 31.4 Å². The van der Waals surface area contributed by atoms with Crippen LogP contribution >= 0.6 is 0 Å². The van der Waals surface area contributed by atoms with Crippen LogP contribution in [0.25, 0.3) is 0 Å². The minimum absolute atomic E-state index is 0.0548. The van der Waals surface area contributed by atoms with Crippen LogP contribution in [0.15, 0.2) is 84.6 Å². The Morgan fingerprint density at radius 3 is 2.24 bits per heavy atom. The van der Waals surface area contributed by atoms with E-state index in [0.717, 1.165) is 17.5 Å². The molecule has 1 spiro atoms. The first-order valence-corrected chi connectivity index (χ1v) is 16.9. The van der Waals surface area contributed by atoms with Gasteiger partial charge in [0.2, 0.25) is 12.2 Å². The monoisotopic (exact) mass is 698 g/mol. The van der Waals surface area contributed by atoms with Gasteiger partial charge >= 0.3 is 23.9 Å². The van der Waals surface area contributed by atoms with Gasteiger partial charge < -0.3 is 39.0 Å². The Labute approximate surface area is 293 Å². The lowest BCUT2D eigenvalue weighted by atomic mass is 9.45. The van der Waals surface area contributed by atoms with Gasteiger partial charge in [-0.3, -0.25) is 4.79 Å². The Balaban J connectivity index is 1.08. The van der Waals surface area contributed by atoms with Gasteiger partial charge in [-0.1, -0.05) is 73.7 Å². The van der Waals surface area contributed by atoms with Crippen LogP contribution in [0.5, 0.6) is 11.5 Å². The number of benzene rings is 3. The number of carboxylic acids is 1. The second-order valence-electron chi connectivity index (χ2n) is 13.6. The van der Waals surface area contributed by atoms with Crippen molar-refractivity contribution in [3.8, 4) is 11.5 Å². The van der Waals surface area contributed by atoms with E-state index in [1.54, 1.807) is 42.5 Å². The minimum atomic E-state index is -2.00. The van der Waals surface area contributed by atoms with E-state index >= 15 is 0 Å². The lowest BCUT2D eigenvalue weighted by Gasteiger charge is -2.61. The maximum Gasteiger partial charge on any atom is 0.353 e. The Hall–Kier alpha value is -5.20. The lowest BCUT2D eigenvalue weighted by Crippen LogP contribution is -2.69. The van der Waals surface area contributed by atoms with Crippen molar-refractivity contribution in [3.63, 3.8) is 0 Å². The average Bonchev–Trinajstić information content (AvgIpc) is 3.49. The summed E-state index contributed by atoms with van der Waals surface area (Å²) in [6.45, 7) is 2.14. The highest BCUT2D eigenvalue weighted by Gasteiger charge is 2.72. The summed E-state index contributed by atoms with van der Waals surface area (Å²) in [7, 11) is 1.53. The Morgan fingerprint density at radius 2 is 1.59 bits per heavy atom. The van der Waals surface area contributed by atoms with Crippen molar-refractivity contribution in [2.75, 3.05) is 7.11 Å². The zero-order valence-electron chi connectivity index (χ0n) is 28.0. The van der Waals surface area contributed by atoms with Crippen LogP contribution in [-0.2, 0) is 45.2 Å². The first-order valence-electron chi connectivity index (χ1n) is 16.9. The summed E-state index contributed by atoms with van der Waals surface area (Å²) in [6, 6.07) is 19.5. The molecule has 0 radical (unpaired) electrons. The van der Waals surface area contributed by atoms with Gasteiger partial charge in [0.15, 0.2) is 23.7 Å². The maximum atomic E-state index is 13.3. The highest BCUT2D eigenvalue weighted by molar-refractivity contribution is 5.86. The molecule has 3 aromatic carbocycles. The van der Waals surface area contributed by atoms with Gasteiger partial charge in [0.25, 0.3) is 0 Å². The van der Waals surface area contributed by atoms with Gasteiger partial charge in [0.05, 0.1) is 24.5 Å². The number of aliphatic hydroxyl groups excluding tert-OH is 1. The summed E-state index contributed by atoms with van der Waals surface area (Å²) in [5.41, 5.74) is 0.214. The number of carboxylic acid groups (broad SMARTS) is 1. The molecular formula is C39H38O12. The third kappa shape index (κ3) is 5.62. The number of hydrogen-bond acceptors (Lipinski definition) is 11. The molecule has 0 saturated heterocycles. The number of aliphatic hydroxyl groups is 2. The maximum absolute atomic E-state index is 13.3. The van der Waals surface area contributed by atoms with E-state index < -0.39 is 65.7 Å². The number of hydrogen-bond donors (Lipinski definition) is 3. The molecule has 8 atom stereocenters. The van der Waals surface area contributed by atoms with Gasteiger partial charge in [-0.15, -0.1) is 0 Å². The SMILES string of the molecule is COc1ccc2c3c1O[C@H]1C(OC(=O)[C@@H](O)CC(=O)O[C@H](C(=O)O[C@H](C(=O)O)c4ccccc4)c4ccccc4)=CC[C@@]4(O)[C@@H](C2)C(C)CC[C@]314. The Bertz CT molecular complexity index is 1890. The normalized spacial score (nSPS) is 27.0. The summed E-state index contributed by atoms with van der Waals surface area (Å²) in [5.74, 6) is -3.60. The van der Waals surface area contributed by atoms with E-state index in [4.69, 9.17) is 23.7 Å². The summed E-state index contributed by atoms with van der Waals surface area (Å²) in [6.07, 6.45) is -3.27. The predicted octanol–water partition coefficient (Wildman–Crippen LogP) is 4.26. The number of carbonyl (C=O) groups is 4. The van der Waals surface area contributed by atoms with Crippen LogP contribution < -0.4 is 9.47 Å². The highest BCUT2D eigenvalue weighted by atomic mass is 16.6. The smallest absolute Gasteiger partial charge is 0.353 e. The van der Waals surface area contributed by atoms with Gasteiger partial charge in [-0.2, -0.15) is 0 Å². The largest absolute Gasteiger partial charge is 0.493 e. The minimum Gasteiger partial charge on any atom is -0.493 e. The first-order chi connectivity index (χ1) is 24.5. The molecule has 1 aliphatic heterocycles. The number of rotatable bonds is 11. The van der Waals surface area contributed by atoms with Gasteiger partial charge in [0.1, 0.15) is 5.76 Å². The fraction of sp³-hybridized carbons (Fsp3) is 0.385. The molecule has 51 heavy (non-hydrogen) atoms. The molecule has 3 aliphatic carbocycles. The second kappa shape index (κ2) is 13.2. The molecule has 7 rings (SSSR count). The molecule has 0 aromatic heterocycles. The molecule has 3 aromatic rings. The molecule has 3 N–H and O–H groups in total. The Kier molecular flexibility index (Phi) is 8.84. The van der Waals surface area contributed by atoms with Crippen LogP contribution in [0.4, 0.5) is 0 Å². The van der Waals surface area contributed by atoms with Crippen LogP contribution in [0, 0.1) is 11.8 Å². The topological polar surface area (TPSA) is 175 Å². The van der Waals surface area contributed by atoms with Crippen LogP contribution in [-0.4, -0.2) is 64.1 Å². The average molecular weight is 699 g/mol. The molecule has 2 bridgehead atoms. The molecule has 12 heteroatoms. The predicted molar refractivity (Wildman–Crippen MR) is 177 cm³/mol. The van der Waals surface area contributed by atoms with Crippen molar-refractivity contribution in [1.29, 1.82) is 0 Å². The van der Waals surface area contributed by atoms with E-state index in [1.807, 2.05) is 12.1 Å². The highest BCUT2D eigenvalue weighted by Crippen LogP contribution is 2.68. The van der Waals surface area contributed by atoms with Crippen molar-refractivity contribution in [3.05, 3.63) is 107 Å². The molecule has 1 saturated carbocycles. The van der Waals surface area contributed by atoms with Crippen LogP contribution in [0.3, 0.4) is 0 Å². The van der Waals surface area contributed by atoms with Crippen LogP contribution in [0.2, 0.25) is 0 Å². The third-order valence-electron chi connectivity index (χ3n) is 10.9. The molecule has 12 nitrogen and oxygen atoms in total. The Morgan fingerprint density at radius 1 is 0.922 bits per heavy atom. The molecule has 1 heterocycles. The molecular weight excluding hydrogens is 660 g/mol. The summed E-state index contributed by atoms with van der Waals surface area (Å²) in [4.78, 5) is 51.8. The zero-order valence-corrected chi connectivity index (χ0v) is 28.0. The summed E-state index contributed by atoms with van der Waals surface area (Å²) < 4.78 is 28.6. The number of esters is 3. The van der Waals surface area contributed by atoms with Crippen molar-refractivity contribution in [2.24, 2.45) is 11.8 Å². The fourth-order valence-corrected chi connectivity index (χ4v) is 8.52. The van der Waals surface area contributed by atoms with Crippen LogP contribution in [0.1, 0.15) is 67.1 Å². The molecule has 266 valence electrons. The van der Waals surface area contributed by atoms with E-state index in [-0.39, 0.29) is 35.1 Å². The number of methoxy groups -OCH3 is 1. The molecule has 1 fully saturated rings. The van der Waals surface area contributed by atoms with Gasteiger partial charge in [-0.25, -0.2) is 14.4 Å². The number of ether oxygens (including phenoxy) is 5. The van der Waals surface area contributed by atoms with Crippen molar-refractivity contribution < 1.29 is 58.2 Å². The first kappa shape index (κ1) is 34.3. The van der Waals surface area contributed by atoms with E-state index in [2.05, 4.69) is 6.92 Å². The molecule has 0 amide bonds.